The highest BCUT2D eigenvalue weighted by Crippen LogP contribution is 2.35. The lowest BCUT2D eigenvalue weighted by molar-refractivity contribution is -0.384. The van der Waals surface area contributed by atoms with E-state index in [4.69, 9.17) is 11.6 Å². The highest BCUT2D eigenvalue weighted by atomic mass is 35.5. The molecular weight excluding hydrogens is 376 g/mol. The molecule has 1 amide bonds. The fourth-order valence-corrected chi connectivity index (χ4v) is 3.32. The third-order valence-corrected chi connectivity index (χ3v) is 4.65. The van der Waals surface area contributed by atoms with Crippen LogP contribution in [0.5, 0.6) is 0 Å². The fourth-order valence-electron chi connectivity index (χ4n) is 3.03. The summed E-state index contributed by atoms with van der Waals surface area (Å²) < 4.78 is 0. The molecule has 0 aliphatic carbocycles. The largest absolute Gasteiger partial charge is 0.361 e. The number of halogens is 1. The van der Waals surface area contributed by atoms with Gasteiger partial charge in [-0.05, 0) is 12.1 Å². The summed E-state index contributed by atoms with van der Waals surface area (Å²) in [5, 5.41) is 22.4. The van der Waals surface area contributed by atoms with Gasteiger partial charge in [0.1, 0.15) is 5.69 Å². The van der Waals surface area contributed by atoms with Crippen molar-refractivity contribution < 1.29 is 14.6 Å². The Hall–Kier alpha value is -3.20. The highest BCUT2D eigenvalue weighted by molar-refractivity contribution is 6.33. The second kappa shape index (κ2) is 7.58. The molecule has 2 aromatic carbocycles. The van der Waals surface area contributed by atoms with Crippen molar-refractivity contribution in [1.29, 1.82) is 0 Å². The lowest BCUT2D eigenvalue weighted by Gasteiger charge is -2.36. The molecule has 1 aliphatic rings. The topological polar surface area (TPSA) is 110 Å². The van der Waals surface area contributed by atoms with Crippen LogP contribution >= 0.6 is 11.6 Å². The average molecular weight is 391 g/mol. The Kier molecular flexibility index (Phi) is 5.22. The molecule has 0 saturated carbocycles. The van der Waals surface area contributed by atoms with Crippen LogP contribution in [0, 0.1) is 20.2 Å². The van der Waals surface area contributed by atoms with E-state index in [-0.39, 0.29) is 27.9 Å². The monoisotopic (exact) mass is 390 g/mol. The lowest BCUT2D eigenvalue weighted by Crippen LogP contribution is -2.49. The Morgan fingerprint density at radius 3 is 2.26 bits per heavy atom. The molecule has 1 fully saturated rings. The molecule has 1 saturated heterocycles. The summed E-state index contributed by atoms with van der Waals surface area (Å²) in [6.07, 6.45) is 0. The molecule has 0 radical (unpaired) electrons. The minimum Gasteiger partial charge on any atom is -0.361 e. The van der Waals surface area contributed by atoms with Crippen LogP contribution in [-0.2, 0) is 0 Å². The van der Waals surface area contributed by atoms with Gasteiger partial charge in [0, 0.05) is 49.9 Å². The molecule has 0 atom stereocenters. The molecule has 2 aromatic rings. The third kappa shape index (κ3) is 3.82. The molecule has 27 heavy (non-hydrogen) atoms. The Balaban J connectivity index is 1.75. The molecule has 9 nitrogen and oxygen atoms in total. The molecule has 0 spiro atoms. The first-order chi connectivity index (χ1) is 12.9. The quantitative estimate of drug-likeness (QED) is 0.586. The standard InChI is InChI=1S/C17H15ClN4O5/c18-14-5-2-6-15(22(26)27)16(14)19-7-9-20(10-8-19)17(23)12-3-1-4-13(11-12)21(24)25/h1-6,11H,7-10H2. The zero-order chi connectivity index (χ0) is 19.6. The average Bonchev–Trinajstić information content (AvgIpc) is 2.67. The molecule has 10 heteroatoms. The van der Waals surface area contributed by atoms with E-state index in [1.54, 1.807) is 15.9 Å². The van der Waals surface area contributed by atoms with Gasteiger partial charge in [-0.2, -0.15) is 0 Å². The van der Waals surface area contributed by atoms with Crippen molar-refractivity contribution in [3.63, 3.8) is 0 Å². The number of non-ortho nitro benzene ring substituents is 1. The first kappa shape index (κ1) is 18.6. The third-order valence-electron chi connectivity index (χ3n) is 4.35. The summed E-state index contributed by atoms with van der Waals surface area (Å²) in [5.41, 5.74) is 0.347. The van der Waals surface area contributed by atoms with Crippen LogP contribution in [0.25, 0.3) is 0 Å². The number of piperazine rings is 1. The number of hydrogen-bond acceptors (Lipinski definition) is 6. The molecule has 0 aromatic heterocycles. The second-order valence-electron chi connectivity index (χ2n) is 5.95. The predicted molar refractivity (Wildman–Crippen MR) is 99.3 cm³/mol. The van der Waals surface area contributed by atoms with Crippen LogP contribution in [0.3, 0.4) is 0 Å². The van der Waals surface area contributed by atoms with Gasteiger partial charge < -0.3 is 9.80 Å². The van der Waals surface area contributed by atoms with Crippen LogP contribution in [0.2, 0.25) is 5.02 Å². The number of hydrogen-bond donors (Lipinski definition) is 0. The van der Waals surface area contributed by atoms with Gasteiger partial charge >= 0.3 is 0 Å². The molecule has 0 N–H and O–H groups in total. The van der Waals surface area contributed by atoms with Crippen LogP contribution in [0.1, 0.15) is 10.4 Å². The minimum absolute atomic E-state index is 0.0824. The molecule has 140 valence electrons. The first-order valence-corrected chi connectivity index (χ1v) is 8.48. The van der Waals surface area contributed by atoms with Crippen molar-refractivity contribution in [2.75, 3.05) is 31.1 Å². The number of carbonyl (C=O) groups is 1. The lowest BCUT2D eigenvalue weighted by atomic mass is 10.1. The Morgan fingerprint density at radius 1 is 0.963 bits per heavy atom. The maximum atomic E-state index is 12.6. The molecule has 1 aliphatic heterocycles. The van der Waals surface area contributed by atoms with E-state index in [0.717, 1.165) is 0 Å². The maximum absolute atomic E-state index is 12.6. The van der Waals surface area contributed by atoms with Crippen LogP contribution in [0.15, 0.2) is 42.5 Å². The number of nitro groups is 2. The Bertz CT molecular complexity index is 912. The number of anilines is 1. The number of para-hydroxylation sites is 1. The summed E-state index contributed by atoms with van der Waals surface area (Å²) in [7, 11) is 0. The number of nitrogens with zero attached hydrogens (tertiary/aromatic N) is 4. The van der Waals surface area contributed by atoms with E-state index in [0.29, 0.717) is 31.9 Å². The van der Waals surface area contributed by atoms with E-state index in [2.05, 4.69) is 0 Å². The number of benzene rings is 2. The highest BCUT2D eigenvalue weighted by Gasteiger charge is 2.28. The number of nitro benzene ring substituents is 2. The maximum Gasteiger partial charge on any atom is 0.294 e. The van der Waals surface area contributed by atoms with Gasteiger partial charge in [0.05, 0.1) is 14.9 Å². The fraction of sp³-hybridized carbons (Fsp3) is 0.235. The first-order valence-electron chi connectivity index (χ1n) is 8.10. The second-order valence-corrected chi connectivity index (χ2v) is 6.36. The summed E-state index contributed by atoms with van der Waals surface area (Å²) in [4.78, 5) is 37.1. The zero-order valence-electron chi connectivity index (χ0n) is 14.1. The van der Waals surface area contributed by atoms with Crippen molar-refractivity contribution in [3.8, 4) is 0 Å². The van der Waals surface area contributed by atoms with E-state index < -0.39 is 9.85 Å². The van der Waals surface area contributed by atoms with Crippen molar-refractivity contribution in [2.24, 2.45) is 0 Å². The van der Waals surface area contributed by atoms with Gasteiger partial charge in [-0.15, -0.1) is 0 Å². The molecule has 0 bridgehead atoms. The normalized spacial score (nSPS) is 14.1. The summed E-state index contributed by atoms with van der Waals surface area (Å²) >= 11 is 6.16. The molecule has 1 heterocycles. The van der Waals surface area contributed by atoms with Gasteiger partial charge in [-0.25, -0.2) is 0 Å². The summed E-state index contributed by atoms with van der Waals surface area (Å²) in [6, 6.07) is 10.1. The van der Waals surface area contributed by atoms with Gasteiger partial charge in [0.25, 0.3) is 17.3 Å². The SMILES string of the molecule is O=C(c1cccc([N+](=O)[O-])c1)N1CCN(c2c(Cl)cccc2[N+](=O)[O-])CC1. The Morgan fingerprint density at radius 2 is 1.63 bits per heavy atom. The van der Waals surface area contributed by atoms with Crippen molar-refractivity contribution in [3.05, 3.63) is 73.3 Å². The summed E-state index contributed by atoms with van der Waals surface area (Å²) in [5.74, 6) is -0.313. The van der Waals surface area contributed by atoms with Gasteiger partial charge in [-0.1, -0.05) is 23.7 Å². The van der Waals surface area contributed by atoms with Crippen LogP contribution in [-0.4, -0.2) is 46.8 Å². The van der Waals surface area contributed by atoms with Gasteiger partial charge in [0.2, 0.25) is 0 Å². The smallest absolute Gasteiger partial charge is 0.294 e. The van der Waals surface area contributed by atoms with E-state index in [1.807, 2.05) is 0 Å². The molecular formula is C17H15ClN4O5. The van der Waals surface area contributed by atoms with Crippen molar-refractivity contribution in [1.82, 2.24) is 4.90 Å². The van der Waals surface area contributed by atoms with Crippen LogP contribution in [0.4, 0.5) is 17.1 Å². The number of amides is 1. The zero-order valence-corrected chi connectivity index (χ0v) is 14.8. The van der Waals surface area contributed by atoms with Gasteiger partial charge in [0.15, 0.2) is 0 Å². The summed E-state index contributed by atoms with van der Waals surface area (Å²) in [6.45, 7) is 1.38. The molecule has 0 unspecified atom stereocenters. The van der Waals surface area contributed by atoms with Gasteiger partial charge in [-0.3, -0.25) is 25.0 Å². The Labute approximate surface area is 159 Å². The van der Waals surface area contributed by atoms with Crippen molar-refractivity contribution >= 4 is 34.6 Å². The number of rotatable bonds is 4. The van der Waals surface area contributed by atoms with E-state index in [9.17, 15) is 25.0 Å². The number of carbonyl (C=O) groups excluding carboxylic acids is 1. The van der Waals surface area contributed by atoms with Crippen LogP contribution < -0.4 is 4.90 Å². The molecule has 3 rings (SSSR count). The predicted octanol–water partition coefficient (Wildman–Crippen LogP) is 3.12. The van der Waals surface area contributed by atoms with Crippen molar-refractivity contribution in [2.45, 2.75) is 0 Å². The van der Waals surface area contributed by atoms with E-state index >= 15 is 0 Å². The van der Waals surface area contributed by atoms with E-state index in [1.165, 1.54) is 36.4 Å². The minimum atomic E-state index is -0.550.